The quantitative estimate of drug-likeness (QED) is 0.748. The highest BCUT2D eigenvalue weighted by atomic mass is 19.1. The van der Waals surface area contributed by atoms with Crippen LogP contribution in [0, 0.1) is 5.82 Å². The fraction of sp³-hybridized carbons (Fsp3) is 0.167. The lowest BCUT2D eigenvalue weighted by atomic mass is 10.2. The molecule has 0 aliphatic heterocycles. The molecule has 0 saturated heterocycles. The van der Waals surface area contributed by atoms with Crippen molar-refractivity contribution in [3.05, 3.63) is 36.0 Å². The van der Waals surface area contributed by atoms with Gasteiger partial charge < -0.3 is 14.8 Å². The zero-order chi connectivity index (χ0) is 12.7. The lowest BCUT2D eigenvalue weighted by Crippen LogP contribution is -1.96. The van der Waals surface area contributed by atoms with E-state index in [-0.39, 0.29) is 12.4 Å². The minimum Gasteiger partial charge on any atom is -0.341 e. The van der Waals surface area contributed by atoms with E-state index in [0.29, 0.717) is 11.7 Å². The van der Waals surface area contributed by atoms with E-state index < -0.39 is 0 Å². The molecule has 5 nitrogen and oxygen atoms in total. The minimum atomic E-state index is -0.268. The van der Waals surface area contributed by atoms with Crippen LogP contribution in [0.1, 0.15) is 5.89 Å². The number of nitrogens with two attached hydrogens (primary N) is 1. The van der Waals surface area contributed by atoms with E-state index in [2.05, 4.69) is 10.1 Å². The van der Waals surface area contributed by atoms with E-state index in [9.17, 15) is 4.39 Å². The molecule has 0 radical (unpaired) electrons. The summed E-state index contributed by atoms with van der Waals surface area (Å²) in [7, 11) is 1.87. The molecule has 92 valence electrons. The largest absolute Gasteiger partial charge is 0.341 e. The first-order chi connectivity index (χ1) is 8.69. The Kier molecular flexibility index (Phi) is 2.38. The molecular weight excluding hydrogens is 235 g/mol. The predicted molar refractivity (Wildman–Crippen MR) is 64.1 cm³/mol. The van der Waals surface area contributed by atoms with Gasteiger partial charge in [-0.25, -0.2) is 4.39 Å². The smallest absolute Gasteiger partial charge is 0.240 e. The Morgan fingerprint density at radius 3 is 2.94 bits per heavy atom. The van der Waals surface area contributed by atoms with Crippen molar-refractivity contribution in [2.24, 2.45) is 12.8 Å². The molecule has 0 aliphatic rings. The van der Waals surface area contributed by atoms with Gasteiger partial charge in [-0.3, -0.25) is 0 Å². The Morgan fingerprint density at radius 2 is 2.22 bits per heavy atom. The maximum atomic E-state index is 13.2. The minimum absolute atomic E-state index is 0.200. The Morgan fingerprint density at radius 1 is 1.39 bits per heavy atom. The van der Waals surface area contributed by atoms with Crippen molar-refractivity contribution < 1.29 is 8.91 Å². The molecule has 1 aromatic carbocycles. The van der Waals surface area contributed by atoms with Gasteiger partial charge in [0.2, 0.25) is 11.7 Å². The van der Waals surface area contributed by atoms with Crippen molar-refractivity contribution in [1.29, 1.82) is 0 Å². The molecule has 18 heavy (non-hydrogen) atoms. The standard InChI is InChI=1S/C12H11FN4O/c1-17-9-3-2-8(13)4-7(9)5-10(17)12-15-11(6-14)18-16-12/h2-5H,6,14H2,1H3. The Balaban J connectivity index is 2.20. The molecule has 0 bridgehead atoms. The number of aromatic nitrogens is 3. The molecule has 0 amide bonds. The number of aryl methyl sites for hydroxylation is 1. The van der Waals surface area contributed by atoms with Crippen molar-refractivity contribution in [3.63, 3.8) is 0 Å². The molecule has 2 heterocycles. The number of fused-ring (bicyclic) bond motifs is 1. The summed E-state index contributed by atoms with van der Waals surface area (Å²) in [5, 5.41) is 4.65. The number of hydrogen-bond acceptors (Lipinski definition) is 4. The van der Waals surface area contributed by atoms with Gasteiger partial charge in [0, 0.05) is 18.0 Å². The molecule has 2 N–H and O–H groups in total. The van der Waals surface area contributed by atoms with E-state index in [1.165, 1.54) is 12.1 Å². The van der Waals surface area contributed by atoms with Crippen LogP contribution in [0.25, 0.3) is 22.4 Å². The van der Waals surface area contributed by atoms with Gasteiger partial charge in [0.1, 0.15) is 5.82 Å². The van der Waals surface area contributed by atoms with Crippen molar-refractivity contribution in [1.82, 2.24) is 14.7 Å². The highest BCUT2D eigenvalue weighted by Gasteiger charge is 2.13. The van der Waals surface area contributed by atoms with Gasteiger partial charge >= 0.3 is 0 Å². The zero-order valence-corrected chi connectivity index (χ0v) is 9.72. The second-order valence-corrected chi connectivity index (χ2v) is 4.01. The van der Waals surface area contributed by atoms with E-state index in [4.69, 9.17) is 10.3 Å². The van der Waals surface area contributed by atoms with E-state index in [1.807, 2.05) is 17.7 Å². The molecule has 6 heteroatoms. The summed E-state index contributed by atoms with van der Waals surface area (Å²) < 4.78 is 20.0. The van der Waals surface area contributed by atoms with Gasteiger partial charge in [-0.2, -0.15) is 4.98 Å². The molecule has 0 spiro atoms. The number of hydrogen-bond donors (Lipinski definition) is 1. The molecule has 3 rings (SSSR count). The predicted octanol–water partition coefficient (Wildman–Crippen LogP) is 1.83. The van der Waals surface area contributed by atoms with Crippen LogP contribution in [0.15, 0.2) is 28.8 Å². The van der Waals surface area contributed by atoms with Crippen LogP contribution in [0.3, 0.4) is 0 Å². The fourth-order valence-corrected chi connectivity index (χ4v) is 1.98. The average molecular weight is 246 g/mol. The summed E-state index contributed by atoms with van der Waals surface area (Å²) in [4.78, 5) is 4.16. The summed E-state index contributed by atoms with van der Waals surface area (Å²) in [5.41, 5.74) is 7.09. The van der Waals surface area contributed by atoms with Crippen molar-refractivity contribution >= 4 is 10.9 Å². The molecule has 0 unspecified atom stereocenters. The Bertz CT molecular complexity index is 716. The summed E-state index contributed by atoms with van der Waals surface area (Å²) in [6.45, 7) is 0.200. The topological polar surface area (TPSA) is 69.9 Å². The van der Waals surface area contributed by atoms with Crippen LogP contribution in [0.2, 0.25) is 0 Å². The highest BCUT2D eigenvalue weighted by Crippen LogP contribution is 2.25. The molecule has 0 atom stereocenters. The van der Waals surface area contributed by atoms with Gasteiger partial charge in [-0.05, 0) is 24.3 Å². The number of nitrogens with zero attached hydrogens (tertiary/aromatic N) is 3. The van der Waals surface area contributed by atoms with E-state index in [1.54, 1.807) is 6.07 Å². The SMILES string of the molecule is Cn1c(-c2noc(CN)n2)cc2cc(F)ccc21. The third-order valence-corrected chi connectivity index (χ3v) is 2.88. The third-order valence-electron chi connectivity index (χ3n) is 2.88. The first-order valence-electron chi connectivity index (χ1n) is 5.47. The average Bonchev–Trinajstić information content (AvgIpc) is 2.94. The van der Waals surface area contributed by atoms with Gasteiger partial charge in [-0.1, -0.05) is 5.16 Å². The normalized spacial score (nSPS) is 11.3. The van der Waals surface area contributed by atoms with Crippen molar-refractivity contribution in [3.8, 4) is 11.5 Å². The lowest BCUT2D eigenvalue weighted by molar-refractivity contribution is 0.380. The number of benzene rings is 1. The number of rotatable bonds is 2. The third kappa shape index (κ3) is 1.58. The van der Waals surface area contributed by atoms with Gasteiger partial charge in [0.15, 0.2) is 0 Å². The molecular formula is C12H11FN4O. The Labute approximate surface area is 102 Å². The zero-order valence-electron chi connectivity index (χ0n) is 9.72. The highest BCUT2D eigenvalue weighted by molar-refractivity contribution is 5.85. The van der Waals surface area contributed by atoms with Crippen LogP contribution in [0.5, 0.6) is 0 Å². The molecule has 2 aromatic heterocycles. The van der Waals surface area contributed by atoms with Crippen LogP contribution >= 0.6 is 0 Å². The molecule has 3 aromatic rings. The maximum absolute atomic E-state index is 13.2. The van der Waals surface area contributed by atoms with Crippen LogP contribution in [0.4, 0.5) is 4.39 Å². The second-order valence-electron chi connectivity index (χ2n) is 4.01. The number of halogens is 1. The first kappa shape index (κ1) is 10.9. The first-order valence-corrected chi connectivity index (χ1v) is 5.47. The van der Waals surface area contributed by atoms with Crippen molar-refractivity contribution in [2.45, 2.75) is 6.54 Å². The van der Waals surface area contributed by atoms with Gasteiger partial charge in [0.05, 0.1) is 12.2 Å². The lowest BCUT2D eigenvalue weighted by Gasteiger charge is -1.99. The fourth-order valence-electron chi connectivity index (χ4n) is 1.98. The summed E-state index contributed by atoms with van der Waals surface area (Å²) in [5.74, 6) is 0.561. The monoisotopic (exact) mass is 246 g/mol. The van der Waals surface area contributed by atoms with Crippen LogP contribution in [-0.2, 0) is 13.6 Å². The van der Waals surface area contributed by atoms with E-state index in [0.717, 1.165) is 16.6 Å². The molecule has 0 aliphatic carbocycles. The maximum Gasteiger partial charge on any atom is 0.240 e. The van der Waals surface area contributed by atoms with Gasteiger partial charge in [0.25, 0.3) is 0 Å². The molecule has 0 saturated carbocycles. The van der Waals surface area contributed by atoms with Crippen molar-refractivity contribution in [2.75, 3.05) is 0 Å². The van der Waals surface area contributed by atoms with Crippen LogP contribution < -0.4 is 5.73 Å². The summed E-state index contributed by atoms with van der Waals surface area (Å²) in [6, 6.07) is 6.44. The van der Waals surface area contributed by atoms with Crippen LogP contribution in [-0.4, -0.2) is 14.7 Å². The summed E-state index contributed by atoms with van der Waals surface area (Å²) in [6.07, 6.45) is 0. The summed E-state index contributed by atoms with van der Waals surface area (Å²) >= 11 is 0. The van der Waals surface area contributed by atoms with Gasteiger partial charge in [-0.15, -0.1) is 0 Å². The second kappa shape index (κ2) is 3.92. The Hall–Kier alpha value is -2.21. The molecule has 0 fully saturated rings. The van der Waals surface area contributed by atoms with E-state index >= 15 is 0 Å².